The van der Waals surface area contributed by atoms with Crippen molar-refractivity contribution >= 4 is 11.6 Å². The Labute approximate surface area is 135 Å². The second kappa shape index (κ2) is 6.81. The lowest BCUT2D eigenvalue weighted by Gasteiger charge is -2.35. The molecule has 1 amide bonds. The van der Waals surface area contributed by atoms with E-state index in [-0.39, 0.29) is 24.3 Å². The summed E-state index contributed by atoms with van der Waals surface area (Å²) in [6.07, 6.45) is 5.25. The van der Waals surface area contributed by atoms with Crippen molar-refractivity contribution in [3.05, 3.63) is 48.0 Å². The highest BCUT2D eigenvalue weighted by atomic mass is 19.1. The van der Waals surface area contributed by atoms with Crippen LogP contribution in [0.25, 0.3) is 0 Å². The summed E-state index contributed by atoms with van der Waals surface area (Å²) in [7, 11) is 0. The number of anilines is 1. The van der Waals surface area contributed by atoms with Crippen LogP contribution >= 0.6 is 0 Å². The van der Waals surface area contributed by atoms with Crippen molar-refractivity contribution in [2.45, 2.75) is 32.4 Å². The molecular weight excluding hydrogens is 295 g/mol. The van der Waals surface area contributed by atoms with Crippen LogP contribution in [-0.4, -0.2) is 34.8 Å². The lowest BCUT2D eigenvalue weighted by atomic mass is 10.0. The fourth-order valence-corrected chi connectivity index (χ4v) is 2.99. The van der Waals surface area contributed by atoms with Gasteiger partial charge in [0.05, 0.1) is 5.69 Å². The number of hydrogen-bond donors (Lipinski definition) is 1. The first-order valence-electron chi connectivity index (χ1n) is 7.90. The Morgan fingerprint density at radius 2 is 2.35 bits per heavy atom. The Morgan fingerprint density at radius 3 is 3.13 bits per heavy atom. The molecule has 0 aliphatic carbocycles. The summed E-state index contributed by atoms with van der Waals surface area (Å²) in [5.41, 5.74) is 1.65. The molecule has 1 aliphatic rings. The summed E-state index contributed by atoms with van der Waals surface area (Å²) in [6.45, 7) is 3.61. The molecule has 6 heteroatoms. The van der Waals surface area contributed by atoms with Crippen LogP contribution < -0.4 is 10.2 Å². The molecule has 5 nitrogen and oxygen atoms in total. The highest BCUT2D eigenvalue weighted by Crippen LogP contribution is 2.24. The summed E-state index contributed by atoms with van der Waals surface area (Å²) in [4.78, 5) is 14.1. The molecule has 0 spiro atoms. The number of piperidine rings is 1. The molecule has 0 saturated carbocycles. The summed E-state index contributed by atoms with van der Waals surface area (Å²) in [5, 5.41) is 7.06. The summed E-state index contributed by atoms with van der Waals surface area (Å²) in [5.74, 6) is -0.274. The Bertz CT molecular complexity index is 671. The number of benzene rings is 1. The van der Waals surface area contributed by atoms with Gasteiger partial charge in [-0.05, 0) is 43.5 Å². The Morgan fingerprint density at radius 1 is 1.48 bits per heavy atom. The van der Waals surface area contributed by atoms with Crippen LogP contribution in [0.15, 0.2) is 36.7 Å². The molecule has 1 saturated heterocycles. The number of amides is 1. The zero-order valence-corrected chi connectivity index (χ0v) is 13.2. The smallest absolute Gasteiger partial charge is 0.242 e. The van der Waals surface area contributed by atoms with Crippen molar-refractivity contribution < 1.29 is 9.18 Å². The van der Waals surface area contributed by atoms with Crippen molar-refractivity contribution in [3.8, 4) is 0 Å². The highest BCUT2D eigenvalue weighted by molar-refractivity contribution is 5.76. The average molecular weight is 316 g/mol. The zero-order valence-electron chi connectivity index (χ0n) is 13.2. The summed E-state index contributed by atoms with van der Waals surface area (Å²) >= 11 is 0. The average Bonchev–Trinajstić information content (AvgIpc) is 3.02. The van der Waals surface area contributed by atoms with Crippen LogP contribution in [-0.2, 0) is 11.3 Å². The SMILES string of the molecule is Cc1ccc(F)c(N2CCCC(NC(=O)Cn3cccn3)C2)c1. The minimum Gasteiger partial charge on any atom is -0.367 e. The van der Waals surface area contributed by atoms with Crippen LogP contribution in [0.3, 0.4) is 0 Å². The Hall–Kier alpha value is -2.37. The first-order chi connectivity index (χ1) is 11.1. The first kappa shape index (κ1) is 15.5. The van der Waals surface area contributed by atoms with Gasteiger partial charge in [-0.3, -0.25) is 9.48 Å². The zero-order chi connectivity index (χ0) is 16.2. The normalized spacial score (nSPS) is 18.0. The Balaban J connectivity index is 1.61. The van der Waals surface area contributed by atoms with Gasteiger partial charge in [-0.2, -0.15) is 5.10 Å². The van der Waals surface area contributed by atoms with E-state index in [1.807, 2.05) is 17.9 Å². The van der Waals surface area contributed by atoms with Gasteiger partial charge in [-0.25, -0.2) is 4.39 Å². The van der Waals surface area contributed by atoms with E-state index in [0.29, 0.717) is 12.2 Å². The summed E-state index contributed by atoms with van der Waals surface area (Å²) < 4.78 is 15.6. The molecule has 1 fully saturated rings. The molecule has 1 atom stereocenters. The van der Waals surface area contributed by atoms with Crippen molar-refractivity contribution in [1.29, 1.82) is 0 Å². The molecule has 23 heavy (non-hydrogen) atoms. The van der Waals surface area contributed by atoms with Gasteiger partial charge in [0, 0.05) is 31.5 Å². The van der Waals surface area contributed by atoms with Crippen LogP contribution in [0.5, 0.6) is 0 Å². The predicted octanol–water partition coefficient (Wildman–Crippen LogP) is 2.12. The van der Waals surface area contributed by atoms with Crippen LogP contribution in [0.1, 0.15) is 18.4 Å². The van der Waals surface area contributed by atoms with E-state index < -0.39 is 0 Å². The maximum absolute atomic E-state index is 14.1. The number of nitrogens with one attached hydrogen (secondary N) is 1. The third-order valence-corrected chi connectivity index (χ3v) is 4.09. The van der Waals surface area contributed by atoms with Crippen molar-refractivity contribution in [2.75, 3.05) is 18.0 Å². The number of hydrogen-bond acceptors (Lipinski definition) is 3. The van der Waals surface area contributed by atoms with E-state index in [1.165, 1.54) is 6.07 Å². The molecule has 122 valence electrons. The van der Waals surface area contributed by atoms with E-state index in [1.54, 1.807) is 29.2 Å². The Kier molecular flexibility index (Phi) is 4.60. The molecule has 3 rings (SSSR count). The minimum absolute atomic E-state index is 0.0340. The highest BCUT2D eigenvalue weighted by Gasteiger charge is 2.23. The third-order valence-electron chi connectivity index (χ3n) is 4.09. The molecule has 0 bridgehead atoms. The van der Waals surface area contributed by atoms with Gasteiger partial charge in [0.2, 0.25) is 5.91 Å². The van der Waals surface area contributed by atoms with Gasteiger partial charge in [0.15, 0.2) is 0 Å². The lowest BCUT2D eigenvalue weighted by molar-refractivity contribution is -0.122. The third kappa shape index (κ3) is 3.88. The lowest BCUT2D eigenvalue weighted by Crippen LogP contribution is -2.48. The molecule has 1 aliphatic heterocycles. The van der Waals surface area contributed by atoms with Gasteiger partial charge >= 0.3 is 0 Å². The number of carbonyl (C=O) groups is 1. The minimum atomic E-state index is -0.209. The monoisotopic (exact) mass is 316 g/mol. The molecular formula is C17H21FN4O. The van der Waals surface area contributed by atoms with Crippen LogP contribution in [0, 0.1) is 12.7 Å². The van der Waals surface area contributed by atoms with E-state index in [9.17, 15) is 9.18 Å². The fraction of sp³-hybridized carbons (Fsp3) is 0.412. The van der Waals surface area contributed by atoms with Gasteiger partial charge in [-0.1, -0.05) is 6.07 Å². The molecule has 1 aromatic carbocycles. The first-order valence-corrected chi connectivity index (χ1v) is 7.90. The summed E-state index contributed by atoms with van der Waals surface area (Å²) in [6, 6.07) is 6.96. The van der Waals surface area contributed by atoms with Crippen molar-refractivity contribution in [3.63, 3.8) is 0 Å². The molecule has 2 aromatic rings. The second-order valence-electron chi connectivity index (χ2n) is 6.01. The van der Waals surface area contributed by atoms with E-state index in [2.05, 4.69) is 10.4 Å². The van der Waals surface area contributed by atoms with Crippen LogP contribution in [0.4, 0.5) is 10.1 Å². The molecule has 1 unspecified atom stereocenters. The van der Waals surface area contributed by atoms with Gasteiger partial charge in [0.25, 0.3) is 0 Å². The van der Waals surface area contributed by atoms with Gasteiger partial charge in [0.1, 0.15) is 12.4 Å². The standard InChI is InChI=1S/C17H21FN4O/c1-13-5-6-15(18)16(10-13)21-8-2-4-14(11-21)20-17(23)12-22-9-3-7-19-22/h3,5-7,9-10,14H,2,4,8,11-12H2,1H3,(H,20,23). The number of aryl methyl sites for hydroxylation is 1. The van der Waals surface area contributed by atoms with Gasteiger partial charge in [-0.15, -0.1) is 0 Å². The van der Waals surface area contributed by atoms with E-state index in [0.717, 1.165) is 24.9 Å². The van der Waals surface area contributed by atoms with E-state index in [4.69, 9.17) is 0 Å². The van der Waals surface area contributed by atoms with Crippen LogP contribution in [0.2, 0.25) is 0 Å². The van der Waals surface area contributed by atoms with Gasteiger partial charge < -0.3 is 10.2 Å². The fourth-order valence-electron chi connectivity index (χ4n) is 2.99. The van der Waals surface area contributed by atoms with Crippen molar-refractivity contribution in [1.82, 2.24) is 15.1 Å². The molecule has 0 radical (unpaired) electrons. The number of nitrogens with zero attached hydrogens (tertiary/aromatic N) is 3. The topological polar surface area (TPSA) is 50.2 Å². The molecule has 2 heterocycles. The number of halogens is 1. The largest absolute Gasteiger partial charge is 0.367 e. The number of carbonyl (C=O) groups excluding carboxylic acids is 1. The van der Waals surface area contributed by atoms with Crippen molar-refractivity contribution in [2.24, 2.45) is 0 Å². The molecule has 1 N–H and O–H groups in total. The molecule has 1 aromatic heterocycles. The second-order valence-corrected chi connectivity index (χ2v) is 6.01. The maximum atomic E-state index is 14.1. The number of aromatic nitrogens is 2. The number of rotatable bonds is 4. The quantitative estimate of drug-likeness (QED) is 0.940. The maximum Gasteiger partial charge on any atom is 0.242 e. The predicted molar refractivity (Wildman–Crippen MR) is 86.7 cm³/mol. The van der Waals surface area contributed by atoms with E-state index >= 15 is 0 Å².